The molecule has 0 atom stereocenters. The molecule has 0 aliphatic rings. The Morgan fingerprint density at radius 2 is 2.08 bits per heavy atom. The first-order valence-corrected chi connectivity index (χ1v) is 8.31. The summed E-state index contributed by atoms with van der Waals surface area (Å²) >= 11 is 3.30. The van der Waals surface area contributed by atoms with Gasteiger partial charge in [-0.25, -0.2) is 14.4 Å². The lowest BCUT2D eigenvalue weighted by atomic mass is 10.1. The molecule has 0 fully saturated rings. The minimum Gasteiger partial charge on any atom is -0.496 e. The van der Waals surface area contributed by atoms with Crippen molar-refractivity contribution in [2.24, 2.45) is 0 Å². The fraction of sp³-hybridized carbons (Fsp3) is 0.0556. The number of aromatic nitrogens is 2. The van der Waals surface area contributed by atoms with Crippen LogP contribution in [0.2, 0.25) is 0 Å². The Bertz CT molecular complexity index is 981. The standard InChI is InChI=1S/C18H14BrFN4O2/c1-26-15-4-2-3-11(20)16(15)17-22-8-7-14(23-17)18(25)24-13-6-5-10(19)9-12(13)21/h2-9H,21H2,1H3,(H,24,25). The van der Waals surface area contributed by atoms with Crippen LogP contribution in [0.5, 0.6) is 5.75 Å². The molecule has 26 heavy (non-hydrogen) atoms. The van der Waals surface area contributed by atoms with Gasteiger partial charge in [-0.15, -0.1) is 0 Å². The summed E-state index contributed by atoms with van der Waals surface area (Å²) in [6.45, 7) is 0. The quantitative estimate of drug-likeness (QED) is 0.629. The second-order valence-corrected chi connectivity index (χ2v) is 6.18. The summed E-state index contributed by atoms with van der Waals surface area (Å²) in [6.07, 6.45) is 1.38. The predicted octanol–water partition coefficient (Wildman–Crippen LogP) is 3.89. The number of methoxy groups -OCH3 is 1. The molecule has 0 saturated heterocycles. The molecule has 3 N–H and O–H groups in total. The van der Waals surface area contributed by atoms with Gasteiger partial charge in [-0.05, 0) is 36.4 Å². The molecule has 1 heterocycles. The van der Waals surface area contributed by atoms with Crippen molar-refractivity contribution in [1.82, 2.24) is 9.97 Å². The number of halogens is 2. The fourth-order valence-electron chi connectivity index (χ4n) is 2.33. The largest absolute Gasteiger partial charge is 0.496 e. The smallest absolute Gasteiger partial charge is 0.274 e. The van der Waals surface area contributed by atoms with E-state index in [1.54, 1.807) is 24.3 Å². The maximum Gasteiger partial charge on any atom is 0.274 e. The van der Waals surface area contributed by atoms with Crippen LogP contribution in [-0.2, 0) is 0 Å². The van der Waals surface area contributed by atoms with Gasteiger partial charge >= 0.3 is 0 Å². The zero-order valence-corrected chi connectivity index (χ0v) is 15.2. The van der Waals surface area contributed by atoms with Gasteiger partial charge in [0.2, 0.25) is 0 Å². The Morgan fingerprint density at radius 1 is 1.27 bits per heavy atom. The van der Waals surface area contributed by atoms with Crippen LogP contribution in [0.25, 0.3) is 11.4 Å². The van der Waals surface area contributed by atoms with Crippen LogP contribution in [0.3, 0.4) is 0 Å². The third-order valence-electron chi connectivity index (χ3n) is 3.57. The summed E-state index contributed by atoms with van der Waals surface area (Å²) in [5, 5.41) is 2.68. The molecule has 3 aromatic rings. The number of nitrogens with zero attached hydrogens (tertiary/aromatic N) is 2. The van der Waals surface area contributed by atoms with Gasteiger partial charge in [0.1, 0.15) is 17.3 Å². The zero-order chi connectivity index (χ0) is 18.7. The first kappa shape index (κ1) is 17.8. The van der Waals surface area contributed by atoms with E-state index in [1.165, 1.54) is 31.5 Å². The Morgan fingerprint density at radius 3 is 2.81 bits per heavy atom. The molecule has 0 unspecified atom stereocenters. The van der Waals surface area contributed by atoms with Gasteiger partial charge in [0.15, 0.2) is 5.82 Å². The zero-order valence-electron chi connectivity index (χ0n) is 13.7. The second-order valence-electron chi connectivity index (χ2n) is 5.27. The summed E-state index contributed by atoms with van der Waals surface area (Å²) in [5.74, 6) is -0.701. The van der Waals surface area contributed by atoms with Crippen molar-refractivity contribution in [2.45, 2.75) is 0 Å². The number of carbonyl (C=O) groups excluding carboxylic acids is 1. The molecule has 2 aromatic carbocycles. The van der Waals surface area contributed by atoms with E-state index >= 15 is 0 Å². The van der Waals surface area contributed by atoms with E-state index in [4.69, 9.17) is 10.5 Å². The maximum atomic E-state index is 14.2. The van der Waals surface area contributed by atoms with Gasteiger partial charge in [-0.3, -0.25) is 4.79 Å². The van der Waals surface area contributed by atoms with Crippen molar-refractivity contribution in [3.05, 3.63) is 64.6 Å². The van der Waals surface area contributed by atoms with E-state index in [0.29, 0.717) is 11.4 Å². The second kappa shape index (κ2) is 7.49. The van der Waals surface area contributed by atoms with Gasteiger partial charge in [0.25, 0.3) is 5.91 Å². The van der Waals surface area contributed by atoms with E-state index in [9.17, 15) is 9.18 Å². The highest BCUT2D eigenvalue weighted by Gasteiger charge is 2.17. The van der Waals surface area contributed by atoms with Crippen LogP contribution in [0.15, 0.2) is 53.1 Å². The molecule has 0 radical (unpaired) electrons. The van der Waals surface area contributed by atoms with Gasteiger partial charge in [-0.1, -0.05) is 22.0 Å². The van der Waals surface area contributed by atoms with Crippen LogP contribution in [0.1, 0.15) is 10.5 Å². The van der Waals surface area contributed by atoms with Crippen molar-refractivity contribution in [3.8, 4) is 17.1 Å². The molecule has 6 nitrogen and oxygen atoms in total. The number of nitrogens with one attached hydrogen (secondary N) is 1. The van der Waals surface area contributed by atoms with Gasteiger partial charge in [0.05, 0.1) is 24.0 Å². The third-order valence-corrected chi connectivity index (χ3v) is 4.06. The first-order chi connectivity index (χ1) is 12.5. The molecule has 3 rings (SSSR count). The molecule has 0 aliphatic carbocycles. The molecule has 8 heteroatoms. The highest BCUT2D eigenvalue weighted by Crippen LogP contribution is 2.30. The lowest BCUT2D eigenvalue weighted by molar-refractivity contribution is 0.102. The van der Waals surface area contributed by atoms with Gasteiger partial charge < -0.3 is 15.8 Å². The van der Waals surface area contributed by atoms with Crippen LogP contribution in [-0.4, -0.2) is 23.0 Å². The normalized spacial score (nSPS) is 10.4. The predicted molar refractivity (Wildman–Crippen MR) is 100 cm³/mol. The molecule has 132 valence electrons. The minimum absolute atomic E-state index is 0.0522. The number of amides is 1. The van der Waals surface area contributed by atoms with Crippen molar-refractivity contribution < 1.29 is 13.9 Å². The van der Waals surface area contributed by atoms with E-state index in [2.05, 4.69) is 31.2 Å². The monoisotopic (exact) mass is 416 g/mol. The average Bonchev–Trinajstić information content (AvgIpc) is 2.63. The van der Waals surface area contributed by atoms with E-state index in [-0.39, 0.29) is 22.8 Å². The summed E-state index contributed by atoms with van der Waals surface area (Å²) in [5.41, 5.74) is 6.89. The molecule has 0 aliphatic heterocycles. The van der Waals surface area contributed by atoms with Crippen LogP contribution in [0.4, 0.5) is 15.8 Å². The number of nitrogens with two attached hydrogens (primary N) is 1. The van der Waals surface area contributed by atoms with Crippen molar-refractivity contribution in [1.29, 1.82) is 0 Å². The molecule has 0 bridgehead atoms. The van der Waals surface area contributed by atoms with E-state index in [1.807, 2.05) is 0 Å². The summed E-state index contributed by atoms with van der Waals surface area (Å²) in [7, 11) is 1.42. The van der Waals surface area contributed by atoms with Crippen molar-refractivity contribution in [2.75, 3.05) is 18.2 Å². The lowest BCUT2D eigenvalue weighted by Gasteiger charge is -2.10. The number of rotatable bonds is 4. The molecule has 0 spiro atoms. The summed E-state index contributed by atoms with van der Waals surface area (Å²) in [4.78, 5) is 20.7. The third kappa shape index (κ3) is 3.65. The molecule has 1 aromatic heterocycles. The number of hydrogen-bond donors (Lipinski definition) is 2. The first-order valence-electron chi connectivity index (χ1n) is 7.52. The van der Waals surface area contributed by atoms with Crippen LogP contribution < -0.4 is 15.8 Å². The van der Waals surface area contributed by atoms with Crippen molar-refractivity contribution >= 4 is 33.2 Å². The number of nitrogen functional groups attached to an aromatic ring is 1. The number of hydrogen-bond acceptors (Lipinski definition) is 5. The highest BCUT2D eigenvalue weighted by atomic mass is 79.9. The number of benzene rings is 2. The van der Waals surface area contributed by atoms with E-state index < -0.39 is 11.7 Å². The highest BCUT2D eigenvalue weighted by molar-refractivity contribution is 9.10. The van der Waals surface area contributed by atoms with Crippen LogP contribution in [0, 0.1) is 5.82 Å². The Kier molecular flexibility index (Phi) is 5.13. The van der Waals surface area contributed by atoms with E-state index in [0.717, 1.165) is 4.47 Å². The topological polar surface area (TPSA) is 90.1 Å². The van der Waals surface area contributed by atoms with Gasteiger partial charge in [-0.2, -0.15) is 0 Å². The molecule has 0 saturated carbocycles. The fourth-order valence-corrected chi connectivity index (χ4v) is 2.71. The Balaban J connectivity index is 1.94. The Labute approximate surface area is 157 Å². The summed E-state index contributed by atoms with van der Waals surface area (Å²) in [6, 6.07) is 10.9. The number of ether oxygens (including phenoxy) is 1. The number of anilines is 2. The molecule has 1 amide bonds. The molecular weight excluding hydrogens is 403 g/mol. The van der Waals surface area contributed by atoms with Gasteiger partial charge in [0, 0.05) is 10.7 Å². The summed E-state index contributed by atoms with van der Waals surface area (Å²) < 4.78 is 20.2. The van der Waals surface area contributed by atoms with Crippen molar-refractivity contribution in [3.63, 3.8) is 0 Å². The minimum atomic E-state index is -0.543. The Hall–Kier alpha value is -3.00. The van der Waals surface area contributed by atoms with Crippen LogP contribution >= 0.6 is 15.9 Å². The maximum absolute atomic E-state index is 14.2. The SMILES string of the molecule is COc1cccc(F)c1-c1nccc(C(=O)Nc2ccc(Br)cc2N)n1. The number of carbonyl (C=O) groups is 1. The average molecular weight is 417 g/mol. The molecular formula is C18H14BrFN4O2. The lowest BCUT2D eigenvalue weighted by Crippen LogP contribution is -2.15.